The van der Waals surface area contributed by atoms with Crippen molar-refractivity contribution in [3.05, 3.63) is 90.3 Å². The Labute approximate surface area is 191 Å². The van der Waals surface area contributed by atoms with Gasteiger partial charge in [-0.3, -0.25) is 0 Å². The van der Waals surface area contributed by atoms with Gasteiger partial charge in [-0.25, -0.2) is 14.5 Å². The van der Waals surface area contributed by atoms with Crippen LogP contribution in [0.2, 0.25) is 0 Å². The number of carbonyl (C=O) groups is 1. The van der Waals surface area contributed by atoms with Crippen LogP contribution in [0.1, 0.15) is 11.1 Å². The molecule has 4 aromatic rings. The molecule has 4 rings (SSSR count). The van der Waals surface area contributed by atoms with Gasteiger partial charge in [0.05, 0.1) is 5.69 Å². The highest BCUT2D eigenvalue weighted by Gasteiger charge is 2.08. The third-order valence-electron chi connectivity index (χ3n) is 4.78. The predicted molar refractivity (Wildman–Crippen MR) is 132 cm³/mol. The van der Waals surface area contributed by atoms with Gasteiger partial charge in [0.15, 0.2) is 11.0 Å². The van der Waals surface area contributed by atoms with Crippen molar-refractivity contribution >= 4 is 35.2 Å². The third kappa shape index (κ3) is 5.22. The van der Waals surface area contributed by atoms with Gasteiger partial charge in [-0.15, -0.1) is 17.7 Å². The largest absolute Gasteiger partial charge is 0.347 e. The molecule has 7 nitrogen and oxygen atoms in total. The monoisotopic (exact) mass is 442 g/mol. The van der Waals surface area contributed by atoms with Crippen LogP contribution in [0, 0.1) is 13.8 Å². The van der Waals surface area contributed by atoms with Crippen LogP contribution >= 0.6 is 12.6 Å². The van der Waals surface area contributed by atoms with E-state index in [-0.39, 0.29) is 5.17 Å². The Hall–Kier alpha value is -3.91. The van der Waals surface area contributed by atoms with Crippen molar-refractivity contribution in [3.63, 3.8) is 0 Å². The lowest BCUT2D eigenvalue weighted by Crippen LogP contribution is -2.13. The number of carbonyl (C=O) groups excluding carboxylic acids is 1. The second-order valence-electron chi connectivity index (χ2n) is 7.23. The minimum Gasteiger partial charge on any atom is -0.335 e. The summed E-state index contributed by atoms with van der Waals surface area (Å²) in [5.41, 5.74) is 5.45. The Balaban J connectivity index is 1.40. The zero-order valence-corrected chi connectivity index (χ0v) is 18.5. The fraction of sp³-hybridized carbons (Fsp3) is 0.0833. The highest BCUT2D eigenvalue weighted by Crippen LogP contribution is 2.19. The lowest BCUT2D eigenvalue weighted by Gasteiger charge is -2.08. The highest BCUT2D eigenvalue weighted by atomic mass is 32.1. The molecule has 8 heteroatoms. The standard InChI is InChI=1S/C24H22N6OS/c1-16-7-13-20(14-8-16)30-15-25-22(29-30)18-9-11-19(12-10-18)26-23(31)28-24(32)27-21-6-4-3-5-17(21)2/h3-15H,1-2H3,(H3,26,27,28,31,32). The van der Waals surface area contributed by atoms with Gasteiger partial charge in [0.25, 0.3) is 0 Å². The van der Waals surface area contributed by atoms with Crippen LogP contribution in [-0.2, 0) is 0 Å². The Morgan fingerprint density at radius 2 is 1.66 bits per heavy atom. The van der Waals surface area contributed by atoms with E-state index < -0.39 is 6.03 Å². The number of nitrogens with one attached hydrogen (secondary N) is 2. The zero-order chi connectivity index (χ0) is 22.5. The van der Waals surface area contributed by atoms with Crippen LogP contribution in [0.4, 0.5) is 16.2 Å². The van der Waals surface area contributed by atoms with E-state index in [1.807, 2.05) is 74.5 Å². The Morgan fingerprint density at radius 1 is 0.938 bits per heavy atom. The highest BCUT2D eigenvalue weighted by molar-refractivity contribution is 7.97. The van der Waals surface area contributed by atoms with Crippen molar-refractivity contribution in [2.45, 2.75) is 13.8 Å². The molecule has 2 N–H and O–H groups in total. The maximum atomic E-state index is 12.2. The zero-order valence-electron chi connectivity index (χ0n) is 17.6. The molecule has 0 unspecified atom stereocenters. The van der Waals surface area contributed by atoms with E-state index in [1.165, 1.54) is 5.56 Å². The SMILES string of the molecule is Cc1ccc(-n2cnc(-c3ccc(NC(=O)/N=C(\S)Nc4ccccc4C)cc3)n2)cc1. The number of hydrogen-bond acceptors (Lipinski definition) is 3. The number of hydrogen-bond donors (Lipinski definition) is 3. The van der Waals surface area contributed by atoms with Gasteiger partial charge in [0.1, 0.15) is 6.33 Å². The fourth-order valence-electron chi connectivity index (χ4n) is 3.03. The average Bonchev–Trinajstić information content (AvgIpc) is 3.26. The van der Waals surface area contributed by atoms with Crippen molar-refractivity contribution < 1.29 is 4.79 Å². The second kappa shape index (κ2) is 9.49. The summed E-state index contributed by atoms with van der Waals surface area (Å²) in [6.45, 7) is 4.00. The van der Waals surface area contributed by atoms with Gasteiger partial charge in [0.2, 0.25) is 0 Å². The van der Waals surface area contributed by atoms with Crippen LogP contribution in [-0.4, -0.2) is 26.0 Å². The molecular weight excluding hydrogens is 420 g/mol. The maximum Gasteiger partial charge on any atom is 0.347 e. The smallest absolute Gasteiger partial charge is 0.335 e. The third-order valence-corrected chi connectivity index (χ3v) is 5.00. The Kier molecular flexibility index (Phi) is 6.32. The predicted octanol–water partition coefficient (Wildman–Crippen LogP) is 5.48. The molecule has 0 atom stereocenters. The van der Waals surface area contributed by atoms with Gasteiger partial charge in [-0.05, 0) is 61.9 Å². The van der Waals surface area contributed by atoms with Gasteiger partial charge in [-0.1, -0.05) is 35.9 Å². The van der Waals surface area contributed by atoms with E-state index >= 15 is 0 Å². The number of thiol groups is 1. The van der Waals surface area contributed by atoms with E-state index in [2.05, 4.69) is 38.3 Å². The lowest BCUT2D eigenvalue weighted by molar-refractivity contribution is 0.259. The van der Waals surface area contributed by atoms with Crippen molar-refractivity contribution in [1.82, 2.24) is 14.8 Å². The Bertz CT molecular complexity index is 1260. The number of rotatable bonds is 4. The Morgan fingerprint density at radius 3 is 2.38 bits per heavy atom. The number of amidine groups is 1. The van der Waals surface area contributed by atoms with Crippen molar-refractivity contribution in [1.29, 1.82) is 0 Å². The van der Waals surface area contributed by atoms with Crippen LogP contribution in [0.25, 0.3) is 17.1 Å². The summed E-state index contributed by atoms with van der Waals surface area (Å²) >= 11 is 4.26. The maximum absolute atomic E-state index is 12.2. The van der Waals surface area contributed by atoms with Crippen LogP contribution in [0.5, 0.6) is 0 Å². The summed E-state index contributed by atoms with van der Waals surface area (Å²) in [5, 5.41) is 10.5. The summed E-state index contributed by atoms with van der Waals surface area (Å²) in [6.07, 6.45) is 1.68. The molecule has 0 radical (unpaired) electrons. The lowest BCUT2D eigenvalue weighted by atomic mass is 10.2. The number of amides is 2. The molecule has 2 amide bonds. The molecule has 0 aliphatic carbocycles. The molecule has 0 saturated carbocycles. The van der Waals surface area contributed by atoms with Crippen LogP contribution in [0.15, 0.2) is 84.1 Å². The van der Waals surface area contributed by atoms with E-state index in [0.29, 0.717) is 11.5 Å². The van der Waals surface area contributed by atoms with Crippen molar-refractivity contribution in [3.8, 4) is 17.1 Å². The summed E-state index contributed by atoms with van der Waals surface area (Å²) in [6, 6.07) is 22.5. The van der Waals surface area contributed by atoms with E-state index in [1.54, 1.807) is 23.1 Å². The summed E-state index contributed by atoms with van der Waals surface area (Å²) in [4.78, 5) is 20.5. The van der Waals surface area contributed by atoms with Crippen molar-refractivity contribution in [2.24, 2.45) is 4.99 Å². The van der Waals surface area contributed by atoms with Gasteiger partial charge >= 0.3 is 6.03 Å². The molecule has 0 aliphatic heterocycles. The molecule has 0 bridgehead atoms. The molecule has 32 heavy (non-hydrogen) atoms. The van der Waals surface area contributed by atoms with Crippen LogP contribution in [0.3, 0.4) is 0 Å². The first-order valence-electron chi connectivity index (χ1n) is 9.98. The minimum atomic E-state index is -0.523. The number of aliphatic imine (C=N–C) groups is 1. The number of urea groups is 1. The number of aryl methyl sites for hydroxylation is 2. The molecule has 160 valence electrons. The number of benzene rings is 3. The molecule has 0 aliphatic rings. The molecular formula is C24H22N6OS. The van der Waals surface area contributed by atoms with E-state index in [9.17, 15) is 4.79 Å². The number of anilines is 2. The molecule has 0 spiro atoms. The van der Waals surface area contributed by atoms with E-state index in [0.717, 1.165) is 22.5 Å². The molecule has 1 heterocycles. The van der Waals surface area contributed by atoms with Gasteiger partial charge in [-0.2, -0.15) is 4.99 Å². The molecule has 1 aromatic heterocycles. The van der Waals surface area contributed by atoms with Gasteiger partial charge in [0, 0.05) is 16.9 Å². The van der Waals surface area contributed by atoms with Crippen LogP contribution < -0.4 is 10.6 Å². The molecule has 0 fully saturated rings. The summed E-state index contributed by atoms with van der Waals surface area (Å²) in [7, 11) is 0. The summed E-state index contributed by atoms with van der Waals surface area (Å²) in [5.74, 6) is 0.599. The first-order chi connectivity index (χ1) is 15.5. The average molecular weight is 443 g/mol. The quantitative estimate of drug-likeness (QED) is 0.222. The summed E-state index contributed by atoms with van der Waals surface area (Å²) < 4.78 is 1.73. The molecule has 3 aromatic carbocycles. The first-order valence-corrected chi connectivity index (χ1v) is 10.4. The second-order valence-corrected chi connectivity index (χ2v) is 7.65. The first kappa shape index (κ1) is 21.3. The number of nitrogens with zero attached hydrogens (tertiary/aromatic N) is 4. The van der Waals surface area contributed by atoms with E-state index in [4.69, 9.17) is 0 Å². The molecule has 0 saturated heterocycles. The topological polar surface area (TPSA) is 84.2 Å². The number of aromatic nitrogens is 3. The number of para-hydroxylation sites is 1. The van der Waals surface area contributed by atoms with Crippen molar-refractivity contribution in [2.75, 3.05) is 10.6 Å². The fourth-order valence-corrected chi connectivity index (χ4v) is 3.24. The van der Waals surface area contributed by atoms with Gasteiger partial charge < -0.3 is 10.6 Å². The minimum absolute atomic E-state index is 0.208. The normalized spacial score (nSPS) is 11.3.